The number of nitrogens with one attached hydrogen (secondary N) is 1. The van der Waals surface area contributed by atoms with Gasteiger partial charge in [0.05, 0.1) is 0 Å². The van der Waals surface area contributed by atoms with Crippen LogP contribution in [0.5, 0.6) is 0 Å². The second-order valence-electron chi connectivity index (χ2n) is 6.19. The third-order valence-electron chi connectivity index (χ3n) is 4.46. The van der Waals surface area contributed by atoms with E-state index in [0.717, 1.165) is 11.6 Å². The fourth-order valence-electron chi connectivity index (χ4n) is 3.41. The molecule has 0 bridgehead atoms. The van der Waals surface area contributed by atoms with E-state index in [1.807, 2.05) is 12.1 Å². The van der Waals surface area contributed by atoms with Gasteiger partial charge in [0.1, 0.15) is 0 Å². The summed E-state index contributed by atoms with van der Waals surface area (Å²) in [5.41, 5.74) is 1.56. The Bertz CT molecular complexity index is 442. The third-order valence-corrected chi connectivity index (χ3v) is 5.03. The van der Waals surface area contributed by atoms with E-state index in [-0.39, 0.29) is 0 Å². The summed E-state index contributed by atoms with van der Waals surface area (Å²) in [5, 5.41) is 5.11. The minimum atomic E-state index is 0.326. The molecule has 1 nitrogen and oxygen atoms in total. The lowest BCUT2D eigenvalue weighted by molar-refractivity contribution is 0.199. The second-order valence-corrected chi connectivity index (χ2v) is 7.03. The molecule has 1 aliphatic rings. The molecule has 0 heterocycles. The van der Waals surface area contributed by atoms with Crippen LogP contribution in [-0.4, -0.2) is 6.54 Å². The molecular formula is C16H23Cl2N. The number of benzene rings is 1. The van der Waals surface area contributed by atoms with Gasteiger partial charge < -0.3 is 5.32 Å². The monoisotopic (exact) mass is 299 g/mol. The first-order valence-electron chi connectivity index (χ1n) is 7.14. The molecule has 19 heavy (non-hydrogen) atoms. The van der Waals surface area contributed by atoms with E-state index >= 15 is 0 Å². The van der Waals surface area contributed by atoms with Gasteiger partial charge in [0.25, 0.3) is 0 Å². The van der Waals surface area contributed by atoms with Crippen LogP contribution >= 0.6 is 23.2 Å². The molecule has 1 saturated carbocycles. The predicted octanol–water partition coefficient (Wildman–Crippen LogP) is 5.47. The highest BCUT2D eigenvalue weighted by atomic mass is 35.5. The van der Waals surface area contributed by atoms with Crippen molar-refractivity contribution in [2.75, 3.05) is 6.54 Å². The van der Waals surface area contributed by atoms with Gasteiger partial charge in [-0.15, -0.1) is 0 Å². The van der Waals surface area contributed by atoms with Crippen molar-refractivity contribution in [2.45, 2.75) is 46.1 Å². The molecule has 0 saturated heterocycles. The summed E-state index contributed by atoms with van der Waals surface area (Å²) in [6.07, 6.45) is 3.87. The Labute approximate surface area is 126 Å². The zero-order valence-corrected chi connectivity index (χ0v) is 13.5. The van der Waals surface area contributed by atoms with Crippen LogP contribution in [0.15, 0.2) is 18.2 Å². The molecule has 1 aromatic rings. The van der Waals surface area contributed by atoms with Crippen molar-refractivity contribution >= 4 is 23.2 Å². The number of halogens is 2. The van der Waals surface area contributed by atoms with Gasteiger partial charge in [0.15, 0.2) is 0 Å². The molecule has 0 aliphatic heterocycles. The Balaban J connectivity index is 2.34. The molecule has 1 fully saturated rings. The van der Waals surface area contributed by atoms with Gasteiger partial charge in [-0.05, 0) is 48.4 Å². The lowest BCUT2D eigenvalue weighted by atomic mass is 9.75. The van der Waals surface area contributed by atoms with Gasteiger partial charge in [-0.2, -0.15) is 0 Å². The van der Waals surface area contributed by atoms with Crippen LogP contribution in [0, 0.1) is 11.3 Å². The summed E-state index contributed by atoms with van der Waals surface area (Å²) < 4.78 is 0. The first-order chi connectivity index (χ1) is 8.95. The Morgan fingerprint density at radius 1 is 1.37 bits per heavy atom. The number of hydrogen-bond donors (Lipinski definition) is 1. The van der Waals surface area contributed by atoms with E-state index < -0.39 is 0 Å². The maximum atomic E-state index is 6.41. The molecular weight excluding hydrogens is 277 g/mol. The van der Waals surface area contributed by atoms with Crippen LogP contribution in [0.25, 0.3) is 0 Å². The minimum Gasteiger partial charge on any atom is -0.310 e. The third kappa shape index (κ3) is 3.26. The fourth-order valence-corrected chi connectivity index (χ4v) is 3.94. The SMILES string of the molecule is CCNC(c1ccc(Cl)cc1Cl)C1CCCC1(C)C. The van der Waals surface area contributed by atoms with E-state index in [1.165, 1.54) is 24.8 Å². The quantitative estimate of drug-likeness (QED) is 0.777. The molecule has 1 N–H and O–H groups in total. The van der Waals surface area contributed by atoms with Crippen molar-refractivity contribution in [3.8, 4) is 0 Å². The fraction of sp³-hybridized carbons (Fsp3) is 0.625. The summed E-state index contributed by atoms with van der Waals surface area (Å²) in [6.45, 7) is 7.85. The van der Waals surface area contributed by atoms with Crippen molar-refractivity contribution in [1.29, 1.82) is 0 Å². The molecule has 3 heteroatoms. The average Bonchev–Trinajstić information content (AvgIpc) is 2.67. The predicted molar refractivity (Wildman–Crippen MR) is 84.0 cm³/mol. The van der Waals surface area contributed by atoms with Crippen LogP contribution in [0.3, 0.4) is 0 Å². The smallest absolute Gasteiger partial charge is 0.0468 e. The Morgan fingerprint density at radius 2 is 2.11 bits per heavy atom. The largest absolute Gasteiger partial charge is 0.310 e. The summed E-state index contributed by atoms with van der Waals surface area (Å²) in [7, 11) is 0. The molecule has 0 aromatic heterocycles. The highest BCUT2D eigenvalue weighted by Gasteiger charge is 2.40. The lowest BCUT2D eigenvalue weighted by Crippen LogP contribution is -2.34. The van der Waals surface area contributed by atoms with Gasteiger partial charge in [-0.1, -0.05) is 56.5 Å². The molecule has 2 rings (SSSR count). The normalized spacial score (nSPS) is 23.5. The Kier molecular flexibility index (Phi) is 4.81. The lowest BCUT2D eigenvalue weighted by Gasteiger charge is -2.35. The average molecular weight is 300 g/mol. The molecule has 2 atom stereocenters. The number of hydrogen-bond acceptors (Lipinski definition) is 1. The molecule has 0 radical (unpaired) electrons. The first-order valence-corrected chi connectivity index (χ1v) is 7.89. The first kappa shape index (κ1) is 15.2. The van der Waals surface area contributed by atoms with Crippen LogP contribution in [-0.2, 0) is 0 Å². The van der Waals surface area contributed by atoms with Crippen LogP contribution in [0.1, 0.15) is 51.6 Å². The summed E-state index contributed by atoms with van der Waals surface area (Å²) in [5.74, 6) is 0.631. The summed E-state index contributed by atoms with van der Waals surface area (Å²) >= 11 is 12.4. The summed E-state index contributed by atoms with van der Waals surface area (Å²) in [4.78, 5) is 0. The highest BCUT2D eigenvalue weighted by Crippen LogP contribution is 2.49. The van der Waals surface area contributed by atoms with Gasteiger partial charge in [0.2, 0.25) is 0 Å². The van der Waals surface area contributed by atoms with Crippen molar-refractivity contribution in [2.24, 2.45) is 11.3 Å². The van der Waals surface area contributed by atoms with Gasteiger partial charge in [0, 0.05) is 16.1 Å². The highest BCUT2D eigenvalue weighted by molar-refractivity contribution is 6.35. The Hall–Kier alpha value is -0.240. The van der Waals surface area contributed by atoms with Gasteiger partial charge >= 0.3 is 0 Å². The minimum absolute atomic E-state index is 0.326. The standard InChI is InChI=1S/C16H23Cl2N/c1-4-19-15(13-6-5-9-16(13,2)3)12-8-7-11(17)10-14(12)18/h7-8,10,13,15,19H,4-6,9H2,1-3H3. The zero-order valence-electron chi connectivity index (χ0n) is 12.0. The van der Waals surface area contributed by atoms with Crippen molar-refractivity contribution in [3.05, 3.63) is 33.8 Å². The van der Waals surface area contributed by atoms with Gasteiger partial charge in [-0.25, -0.2) is 0 Å². The topological polar surface area (TPSA) is 12.0 Å². The van der Waals surface area contributed by atoms with E-state index in [0.29, 0.717) is 22.4 Å². The van der Waals surface area contributed by atoms with Crippen LogP contribution < -0.4 is 5.32 Å². The van der Waals surface area contributed by atoms with Crippen molar-refractivity contribution < 1.29 is 0 Å². The number of rotatable bonds is 4. The maximum absolute atomic E-state index is 6.41. The van der Waals surface area contributed by atoms with Crippen molar-refractivity contribution in [1.82, 2.24) is 5.32 Å². The summed E-state index contributed by atoms with van der Waals surface area (Å²) in [6, 6.07) is 6.19. The maximum Gasteiger partial charge on any atom is 0.0468 e. The Morgan fingerprint density at radius 3 is 2.63 bits per heavy atom. The second kappa shape index (κ2) is 6.03. The molecule has 106 valence electrons. The van der Waals surface area contributed by atoms with E-state index in [4.69, 9.17) is 23.2 Å². The van der Waals surface area contributed by atoms with Crippen LogP contribution in [0.2, 0.25) is 10.0 Å². The molecule has 0 spiro atoms. The van der Waals surface area contributed by atoms with Gasteiger partial charge in [-0.3, -0.25) is 0 Å². The zero-order chi connectivity index (χ0) is 14.0. The van der Waals surface area contributed by atoms with E-state index in [1.54, 1.807) is 0 Å². The van der Waals surface area contributed by atoms with Crippen LogP contribution in [0.4, 0.5) is 0 Å². The van der Waals surface area contributed by atoms with Crippen molar-refractivity contribution in [3.63, 3.8) is 0 Å². The van der Waals surface area contributed by atoms with E-state index in [9.17, 15) is 0 Å². The molecule has 1 aromatic carbocycles. The molecule has 2 unspecified atom stereocenters. The molecule has 1 aliphatic carbocycles. The van der Waals surface area contributed by atoms with E-state index in [2.05, 4.69) is 32.2 Å². The molecule has 0 amide bonds.